The molecule has 1 amide bonds. The molecule has 1 aliphatic heterocycles. The number of likely N-dealkylation sites (N-methyl/N-ethyl adjacent to an activating group) is 1. The third-order valence-corrected chi connectivity index (χ3v) is 6.61. The van der Waals surface area contributed by atoms with Crippen LogP contribution < -0.4 is 10.6 Å². The van der Waals surface area contributed by atoms with Gasteiger partial charge in [0, 0.05) is 18.5 Å². The number of hydrogen-bond acceptors (Lipinski definition) is 5. The molecule has 2 rings (SSSR count). The molecule has 1 aromatic rings. The molecule has 1 fully saturated rings. The van der Waals surface area contributed by atoms with Crippen LogP contribution in [0.4, 0.5) is 5.69 Å². The van der Waals surface area contributed by atoms with Crippen molar-refractivity contribution < 1.29 is 13.2 Å². The first kappa shape index (κ1) is 18.9. The fraction of sp³-hybridized carbons (Fsp3) is 0.588. The van der Waals surface area contributed by atoms with Gasteiger partial charge in [-0.15, -0.1) is 0 Å². The predicted octanol–water partition coefficient (Wildman–Crippen LogP) is 0.896. The van der Waals surface area contributed by atoms with Crippen molar-refractivity contribution in [3.63, 3.8) is 0 Å². The van der Waals surface area contributed by atoms with E-state index in [0.29, 0.717) is 31.6 Å². The van der Waals surface area contributed by atoms with Crippen LogP contribution in [0.5, 0.6) is 0 Å². The molecule has 0 saturated carbocycles. The Balaban J connectivity index is 2.10. The highest BCUT2D eigenvalue weighted by molar-refractivity contribution is 7.92. The van der Waals surface area contributed by atoms with Crippen LogP contribution in [0.3, 0.4) is 0 Å². The van der Waals surface area contributed by atoms with E-state index in [1.807, 2.05) is 38.4 Å². The van der Waals surface area contributed by atoms with E-state index in [9.17, 15) is 13.2 Å². The highest BCUT2D eigenvalue weighted by atomic mass is 32.2. The zero-order valence-electron chi connectivity index (χ0n) is 14.6. The predicted molar refractivity (Wildman–Crippen MR) is 97.0 cm³/mol. The third-order valence-electron chi connectivity index (χ3n) is 4.59. The maximum absolute atomic E-state index is 12.7. The molecule has 0 radical (unpaired) electrons. The Hall–Kier alpha value is -1.44. The molecule has 6 nitrogen and oxygen atoms in total. The summed E-state index contributed by atoms with van der Waals surface area (Å²) in [5, 5.41) is 5.91. The summed E-state index contributed by atoms with van der Waals surface area (Å²) in [6.07, 6.45) is 2.69. The summed E-state index contributed by atoms with van der Waals surface area (Å²) in [4.78, 5) is 14.8. The van der Waals surface area contributed by atoms with Gasteiger partial charge in [0.25, 0.3) is 0 Å². The number of rotatable bonds is 6. The molecular weight excluding hydrogens is 326 g/mol. The molecular formula is C17H27N3O3S. The quantitative estimate of drug-likeness (QED) is 0.794. The second kappa shape index (κ2) is 7.63. The van der Waals surface area contributed by atoms with Crippen molar-refractivity contribution in [3.8, 4) is 0 Å². The third kappa shape index (κ3) is 4.34. The Bertz CT molecular complexity index is 663. The second-order valence-electron chi connectivity index (χ2n) is 6.72. The van der Waals surface area contributed by atoms with Gasteiger partial charge in [0.15, 0.2) is 14.6 Å². The molecule has 1 aliphatic rings. The van der Waals surface area contributed by atoms with Crippen LogP contribution in [0.25, 0.3) is 0 Å². The molecule has 0 aliphatic carbocycles. The number of amides is 1. The Morgan fingerprint density at radius 1 is 1.21 bits per heavy atom. The fourth-order valence-corrected chi connectivity index (χ4v) is 4.28. The molecule has 0 bridgehead atoms. The van der Waals surface area contributed by atoms with E-state index in [4.69, 9.17) is 0 Å². The highest BCUT2D eigenvalue weighted by Crippen LogP contribution is 2.29. The van der Waals surface area contributed by atoms with Crippen LogP contribution in [-0.4, -0.2) is 64.0 Å². The van der Waals surface area contributed by atoms with Gasteiger partial charge in [-0.3, -0.25) is 4.79 Å². The van der Waals surface area contributed by atoms with Gasteiger partial charge >= 0.3 is 0 Å². The topological polar surface area (TPSA) is 78.5 Å². The second-order valence-corrected chi connectivity index (χ2v) is 9.05. The molecule has 0 unspecified atom stereocenters. The lowest BCUT2D eigenvalue weighted by molar-refractivity contribution is -0.119. The first-order valence-corrected chi connectivity index (χ1v) is 10.1. The largest absolute Gasteiger partial charge is 0.325 e. The normalized spacial score (nSPS) is 17.7. The molecule has 1 aromatic carbocycles. The first-order valence-electron chi connectivity index (χ1n) is 8.20. The van der Waals surface area contributed by atoms with E-state index in [1.54, 1.807) is 0 Å². The van der Waals surface area contributed by atoms with E-state index in [1.165, 1.54) is 5.56 Å². The van der Waals surface area contributed by atoms with Crippen molar-refractivity contribution in [1.29, 1.82) is 0 Å². The van der Waals surface area contributed by atoms with Gasteiger partial charge < -0.3 is 15.5 Å². The molecule has 0 atom stereocenters. The minimum Gasteiger partial charge on any atom is -0.325 e. The number of hydrogen-bond donors (Lipinski definition) is 2. The van der Waals surface area contributed by atoms with E-state index < -0.39 is 20.5 Å². The Morgan fingerprint density at radius 3 is 2.29 bits per heavy atom. The molecule has 134 valence electrons. The molecule has 1 heterocycles. The van der Waals surface area contributed by atoms with Gasteiger partial charge in [-0.05, 0) is 64.1 Å². The number of sulfone groups is 1. The van der Waals surface area contributed by atoms with Crippen LogP contribution in [-0.2, 0) is 21.1 Å². The summed E-state index contributed by atoms with van der Waals surface area (Å²) in [5.41, 5.74) is 1.82. The highest BCUT2D eigenvalue weighted by Gasteiger charge is 2.48. The molecule has 0 aromatic heterocycles. The summed E-state index contributed by atoms with van der Waals surface area (Å²) < 4.78 is 23.2. The minimum absolute atomic E-state index is 0.304. The summed E-state index contributed by atoms with van der Waals surface area (Å²) in [5.74, 6) is -0.424. The summed E-state index contributed by atoms with van der Waals surface area (Å²) in [7, 11) is 0.561. The van der Waals surface area contributed by atoms with Crippen LogP contribution in [0.15, 0.2) is 24.3 Å². The van der Waals surface area contributed by atoms with E-state index >= 15 is 0 Å². The number of nitrogens with one attached hydrogen (secondary N) is 2. The Kier molecular flexibility index (Phi) is 6.01. The van der Waals surface area contributed by atoms with Crippen molar-refractivity contribution in [2.45, 2.75) is 24.0 Å². The zero-order chi connectivity index (χ0) is 17.8. The number of anilines is 1. The van der Waals surface area contributed by atoms with Gasteiger partial charge in [0.05, 0.1) is 0 Å². The standard InChI is InChI=1S/C17H27N3O3S/c1-20(2)13-8-14-4-6-15(7-5-14)19-16(21)17(24(3,22)23)9-11-18-12-10-17/h4-7,18H,8-13H2,1-3H3,(H,19,21). The monoisotopic (exact) mass is 353 g/mol. The average Bonchev–Trinajstić information content (AvgIpc) is 2.53. The Labute approximate surface area is 144 Å². The van der Waals surface area contributed by atoms with E-state index in [-0.39, 0.29) is 0 Å². The molecule has 0 spiro atoms. The summed E-state index contributed by atoms with van der Waals surface area (Å²) in [6.45, 7) is 2.02. The van der Waals surface area contributed by atoms with Gasteiger partial charge in [-0.25, -0.2) is 8.42 Å². The summed E-state index contributed by atoms with van der Waals surface area (Å²) >= 11 is 0. The van der Waals surface area contributed by atoms with Crippen molar-refractivity contribution in [1.82, 2.24) is 10.2 Å². The number of benzene rings is 1. The maximum Gasteiger partial charge on any atom is 0.245 e. The van der Waals surface area contributed by atoms with Crippen molar-refractivity contribution in [3.05, 3.63) is 29.8 Å². The fourth-order valence-electron chi connectivity index (χ4n) is 2.95. The lowest BCUT2D eigenvalue weighted by Crippen LogP contribution is -2.55. The molecule has 1 saturated heterocycles. The van der Waals surface area contributed by atoms with Crippen LogP contribution in [0.1, 0.15) is 18.4 Å². The lowest BCUT2D eigenvalue weighted by Gasteiger charge is -2.34. The van der Waals surface area contributed by atoms with Gasteiger partial charge in [-0.1, -0.05) is 12.1 Å². The van der Waals surface area contributed by atoms with Crippen LogP contribution in [0, 0.1) is 0 Å². The van der Waals surface area contributed by atoms with Gasteiger partial charge in [0.1, 0.15) is 0 Å². The van der Waals surface area contributed by atoms with Crippen molar-refractivity contribution in [2.75, 3.05) is 45.3 Å². The first-order chi connectivity index (χ1) is 11.2. The zero-order valence-corrected chi connectivity index (χ0v) is 15.4. The van der Waals surface area contributed by atoms with Crippen molar-refractivity contribution >= 4 is 21.4 Å². The maximum atomic E-state index is 12.7. The number of carbonyl (C=O) groups excluding carboxylic acids is 1. The molecule has 24 heavy (non-hydrogen) atoms. The number of nitrogens with zero attached hydrogens (tertiary/aromatic N) is 1. The minimum atomic E-state index is -3.49. The Morgan fingerprint density at radius 2 is 1.79 bits per heavy atom. The van der Waals surface area contributed by atoms with Crippen molar-refractivity contribution in [2.24, 2.45) is 0 Å². The molecule has 2 N–H and O–H groups in total. The summed E-state index contributed by atoms with van der Waals surface area (Å²) in [6, 6.07) is 7.60. The van der Waals surface area contributed by atoms with E-state index in [2.05, 4.69) is 15.5 Å². The van der Waals surface area contributed by atoms with Gasteiger partial charge in [-0.2, -0.15) is 0 Å². The van der Waals surface area contributed by atoms with Crippen LogP contribution in [0.2, 0.25) is 0 Å². The number of piperidine rings is 1. The number of carbonyl (C=O) groups is 1. The van der Waals surface area contributed by atoms with Crippen LogP contribution >= 0.6 is 0 Å². The SMILES string of the molecule is CN(C)CCc1ccc(NC(=O)C2(S(C)(=O)=O)CCNCC2)cc1. The van der Waals surface area contributed by atoms with E-state index in [0.717, 1.165) is 19.2 Å². The van der Waals surface area contributed by atoms with Gasteiger partial charge in [0.2, 0.25) is 5.91 Å². The molecule has 7 heteroatoms. The average molecular weight is 353 g/mol. The lowest BCUT2D eigenvalue weighted by atomic mass is 9.95. The smallest absolute Gasteiger partial charge is 0.245 e.